The Labute approximate surface area is 128 Å². The molecule has 1 atom stereocenters. The summed E-state index contributed by atoms with van der Waals surface area (Å²) >= 11 is 0. The van der Waals surface area contributed by atoms with Crippen LogP contribution in [0, 0.1) is 16.0 Å². The van der Waals surface area contributed by atoms with Gasteiger partial charge in [0, 0.05) is 31.4 Å². The van der Waals surface area contributed by atoms with E-state index in [4.69, 9.17) is 5.11 Å². The van der Waals surface area contributed by atoms with Gasteiger partial charge in [0.15, 0.2) is 0 Å². The highest BCUT2D eigenvalue weighted by Gasteiger charge is 2.24. The molecule has 7 heteroatoms. The second kappa shape index (κ2) is 7.65. The molecule has 1 aromatic carbocycles. The lowest BCUT2D eigenvalue weighted by atomic mass is 9.98. The molecular weight excluding hydrogens is 286 g/mol. The maximum Gasteiger partial charge on any atom is 0.307 e. The Kier molecular flexibility index (Phi) is 5.60. The summed E-state index contributed by atoms with van der Waals surface area (Å²) in [6.07, 6.45) is 3.34. The molecule has 0 radical (unpaired) electrons. The van der Waals surface area contributed by atoms with Crippen molar-refractivity contribution in [1.29, 1.82) is 0 Å². The Hall–Kier alpha value is -2.28. The molecule has 0 amide bonds. The van der Waals surface area contributed by atoms with E-state index in [2.05, 4.69) is 9.89 Å². The normalized spacial score (nSPS) is 19.4. The summed E-state index contributed by atoms with van der Waals surface area (Å²) in [4.78, 5) is 27.5. The highest BCUT2D eigenvalue weighted by Crippen LogP contribution is 2.16. The van der Waals surface area contributed by atoms with Crippen molar-refractivity contribution in [3.8, 4) is 0 Å². The fraction of sp³-hybridized carbons (Fsp3) is 0.467. The molecule has 118 valence electrons. The van der Waals surface area contributed by atoms with Crippen molar-refractivity contribution in [2.24, 2.45) is 10.9 Å². The van der Waals surface area contributed by atoms with E-state index in [0.29, 0.717) is 13.1 Å². The first-order valence-electron chi connectivity index (χ1n) is 7.25. The largest absolute Gasteiger partial charge is 0.481 e. The summed E-state index contributed by atoms with van der Waals surface area (Å²) in [7, 11) is 0. The molecule has 1 heterocycles. The number of piperidine rings is 1. The Balaban J connectivity index is 1.78. The molecular formula is C15H19N3O4. The summed E-state index contributed by atoms with van der Waals surface area (Å²) in [5, 5.41) is 19.6. The lowest BCUT2D eigenvalue weighted by Gasteiger charge is -2.29. The highest BCUT2D eigenvalue weighted by molar-refractivity contribution is 5.79. The Morgan fingerprint density at radius 3 is 2.82 bits per heavy atom. The van der Waals surface area contributed by atoms with Gasteiger partial charge in [-0.2, -0.15) is 0 Å². The minimum atomic E-state index is -0.723. The monoisotopic (exact) mass is 305 g/mol. The third-order valence-electron chi connectivity index (χ3n) is 3.74. The van der Waals surface area contributed by atoms with Crippen molar-refractivity contribution in [2.45, 2.75) is 12.8 Å². The van der Waals surface area contributed by atoms with Crippen molar-refractivity contribution in [3.05, 3.63) is 39.9 Å². The predicted molar refractivity (Wildman–Crippen MR) is 82.4 cm³/mol. The van der Waals surface area contributed by atoms with Gasteiger partial charge in [-0.05, 0) is 37.1 Å². The minimum absolute atomic E-state index is 0.0604. The molecule has 7 nitrogen and oxygen atoms in total. The Morgan fingerprint density at radius 1 is 1.45 bits per heavy atom. The number of aliphatic imine (C=N–C) groups is 1. The number of nitrogens with zero attached hydrogens (tertiary/aromatic N) is 3. The number of carboxylic acid groups (broad SMARTS) is 1. The predicted octanol–water partition coefficient (Wildman–Crippen LogP) is 1.81. The zero-order chi connectivity index (χ0) is 15.9. The zero-order valence-electron chi connectivity index (χ0n) is 12.2. The van der Waals surface area contributed by atoms with Crippen molar-refractivity contribution in [2.75, 3.05) is 26.2 Å². The summed E-state index contributed by atoms with van der Waals surface area (Å²) in [5.41, 5.74) is 0.873. The van der Waals surface area contributed by atoms with Crippen LogP contribution in [-0.4, -0.2) is 53.3 Å². The van der Waals surface area contributed by atoms with Crippen LogP contribution >= 0.6 is 0 Å². The van der Waals surface area contributed by atoms with E-state index in [9.17, 15) is 14.9 Å². The molecule has 22 heavy (non-hydrogen) atoms. The van der Waals surface area contributed by atoms with Gasteiger partial charge in [-0.25, -0.2) is 0 Å². The number of rotatable bonds is 6. The van der Waals surface area contributed by atoms with Crippen LogP contribution in [0.1, 0.15) is 18.4 Å². The molecule has 1 unspecified atom stereocenters. The smallest absolute Gasteiger partial charge is 0.307 e. The maximum absolute atomic E-state index is 11.0. The van der Waals surface area contributed by atoms with Gasteiger partial charge in [0.05, 0.1) is 17.4 Å². The van der Waals surface area contributed by atoms with Gasteiger partial charge in [-0.1, -0.05) is 0 Å². The van der Waals surface area contributed by atoms with Crippen LogP contribution in [0.15, 0.2) is 29.3 Å². The van der Waals surface area contributed by atoms with Gasteiger partial charge in [0.25, 0.3) is 5.69 Å². The average Bonchev–Trinajstić information content (AvgIpc) is 2.52. The van der Waals surface area contributed by atoms with Gasteiger partial charge in [-0.15, -0.1) is 0 Å². The van der Waals surface area contributed by atoms with Gasteiger partial charge < -0.3 is 10.0 Å². The number of nitro groups is 1. The van der Waals surface area contributed by atoms with Gasteiger partial charge in [0.2, 0.25) is 0 Å². The quantitative estimate of drug-likeness (QED) is 0.491. The first-order chi connectivity index (χ1) is 10.6. The number of likely N-dealkylation sites (tertiary alicyclic amines) is 1. The fourth-order valence-electron chi connectivity index (χ4n) is 2.51. The zero-order valence-corrected chi connectivity index (χ0v) is 12.2. The van der Waals surface area contributed by atoms with Crippen LogP contribution < -0.4 is 0 Å². The van der Waals surface area contributed by atoms with Gasteiger partial charge >= 0.3 is 5.97 Å². The third-order valence-corrected chi connectivity index (χ3v) is 3.74. The second-order valence-electron chi connectivity index (χ2n) is 5.36. The molecule has 0 saturated carbocycles. The molecule has 2 rings (SSSR count). The molecule has 1 saturated heterocycles. The van der Waals surface area contributed by atoms with E-state index >= 15 is 0 Å². The molecule has 1 aromatic rings. The SMILES string of the molecule is O=C(O)C1CCCN(CCN=Cc2ccc([N+](=O)[O-])cc2)C1. The van der Waals surface area contributed by atoms with E-state index in [1.807, 2.05) is 0 Å². The number of carboxylic acids is 1. The standard InChI is InChI=1S/C15H19N3O4/c19-15(20)13-2-1-8-17(11-13)9-7-16-10-12-3-5-14(6-4-12)18(21)22/h3-6,10,13H,1-2,7-9,11H2,(H,19,20). The summed E-state index contributed by atoms with van der Waals surface area (Å²) in [6, 6.07) is 6.21. The molecule has 1 aliphatic heterocycles. The summed E-state index contributed by atoms with van der Waals surface area (Å²) < 4.78 is 0. The number of nitro benzene ring substituents is 1. The fourth-order valence-corrected chi connectivity index (χ4v) is 2.51. The first kappa shape index (κ1) is 16.1. The molecule has 0 bridgehead atoms. The van der Waals surface area contributed by atoms with E-state index in [-0.39, 0.29) is 11.6 Å². The highest BCUT2D eigenvalue weighted by atomic mass is 16.6. The van der Waals surface area contributed by atoms with Crippen LogP contribution in [0.3, 0.4) is 0 Å². The number of hydrogen-bond acceptors (Lipinski definition) is 5. The summed E-state index contributed by atoms with van der Waals surface area (Å²) in [5.74, 6) is -0.994. The summed E-state index contributed by atoms with van der Waals surface area (Å²) in [6.45, 7) is 2.82. The van der Waals surface area contributed by atoms with E-state index in [1.165, 1.54) is 12.1 Å². The van der Waals surface area contributed by atoms with Crippen molar-refractivity contribution < 1.29 is 14.8 Å². The van der Waals surface area contributed by atoms with Crippen molar-refractivity contribution in [3.63, 3.8) is 0 Å². The second-order valence-corrected chi connectivity index (χ2v) is 5.36. The molecule has 1 fully saturated rings. The number of aliphatic carboxylic acids is 1. The molecule has 1 N–H and O–H groups in total. The van der Waals surface area contributed by atoms with E-state index in [1.54, 1.807) is 18.3 Å². The van der Waals surface area contributed by atoms with Crippen LogP contribution in [0.5, 0.6) is 0 Å². The molecule has 1 aliphatic rings. The number of hydrogen-bond donors (Lipinski definition) is 1. The van der Waals surface area contributed by atoms with Crippen LogP contribution in [0.25, 0.3) is 0 Å². The molecule has 0 spiro atoms. The topological polar surface area (TPSA) is 96.0 Å². The van der Waals surface area contributed by atoms with Crippen LogP contribution in [-0.2, 0) is 4.79 Å². The van der Waals surface area contributed by atoms with Crippen molar-refractivity contribution >= 4 is 17.9 Å². The number of non-ortho nitro benzene ring substituents is 1. The number of carbonyl (C=O) groups is 1. The van der Waals surface area contributed by atoms with Crippen molar-refractivity contribution in [1.82, 2.24) is 4.90 Å². The van der Waals surface area contributed by atoms with E-state index in [0.717, 1.165) is 31.5 Å². The van der Waals surface area contributed by atoms with Gasteiger partial charge in [0.1, 0.15) is 0 Å². The van der Waals surface area contributed by atoms with Crippen LogP contribution in [0.4, 0.5) is 5.69 Å². The first-order valence-corrected chi connectivity index (χ1v) is 7.25. The lowest BCUT2D eigenvalue weighted by Crippen LogP contribution is -2.39. The maximum atomic E-state index is 11.0. The van der Waals surface area contributed by atoms with E-state index < -0.39 is 10.9 Å². The number of benzene rings is 1. The molecule has 0 aromatic heterocycles. The molecule has 0 aliphatic carbocycles. The Morgan fingerprint density at radius 2 is 2.18 bits per heavy atom. The average molecular weight is 305 g/mol. The Bertz CT molecular complexity index is 556. The third kappa shape index (κ3) is 4.63. The van der Waals surface area contributed by atoms with Gasteiger partial charge in [-0.3, -0.25) is 19.9 Å². The lowest BCUT2D eigenvalue weighted by molar-refractivity contribution is -0.384. The van der Waals surface area contributed by atoms with Crippen LogP contribution in [0.2, 0.25) is 0 Å². The minimum Gasteiger partial charge on any atom is -0.481 e.